The summed E-state index contributed by atoms with van der Waals surface area (Å²) in [6.07, 6.45) is 11.2. The molecule has 1 aromatic heterocycles. The van der Waals surface area contributed by atoms with Crippen molar-refractivity contribution in [3.63, 3.8) is 0 Å². The average Bonchev–Trinajstić information content (AvgIpc) is 2.95. The van der Waals surface area contributed by atoms with Gasteiger partial charge in [-0.05, 0) is 37.5 Å². The lowest BCUT2D eigenvalue weighted by atomic mass is 10.1. The smallest absolute Gasteiger partial charge is 0.223 e. The van der Waals surface area contributed by atoms with E-state index in [1.54, 1.807) is 18.5 Å². The second-order valence-corrected chi connectivity index (χ2v) is 5.28. The summed E-state index contributed by atoms with van der Waals surface area (Å²) in [7, 11) is 0. The maximum atomic E-state index is 9.87. The minimum atomic E-state index is -0.367. The molecule has 1 aliphatic heterocycles. The molecule has 0 saturated heterocycles. The zero-order chi connectivity index (χ0) is 15.4. The predicted molar refractivity (Wildman–Crippen MR) is 83.2 cm³/mol. The molecule has 2 aliphatic rings. The predicted octanol–water partition coefficient (Wildman–Crippen LogP) is 1.71. The van der Waals surface area contributed by atoms with E-state index >= 15 is 0 Å². The number of aliphatic hydroxyl groups excluding tert-OH is 1. The molecular formula is C16H17N5O. The normalized spacial score (nSPS) is 25.5. The first kappa shape index (κ1) is 14.3. The van der Waals surface area contributed by atoms with E-state index in [1.807, 2.05) is 18.2 Å². The number of allylic oxidation sites excluding steroid dienone is 4. The molecule has 112 valence electrons. The third-order valence-corrected chi connectivity index (χ3v) is 3.80. The monoisotopic (exact) mass is 295 g/mol. The highest BCUT2D eigenvalue weighted by Crippen LogP contribution is 2.23. The van der Waals surface area contributed by atoms with Gasteiger partial charge in [-0.2, -0.15) is 5.26 Å². The SMILES string of the molecule is N#CC(=C1C=CC=CN1)c1ccnc(N[C@H]2CCC[C@@H]2O)n1. The third-order valence-electron chi connectivity index (χ3n) is 3.80. The zero-order valence-corrected chi connectivity index (χ0v) is 12.0. The molecule has 1 fully saturated rings. The summed E-state index contributed by atoms with van der Waals surface area (Å²) in [6.45, 7) is 0. The van der Waals surface area contributed by atoms with Crippen LogP contribution in [0, 0.1) is 11.3 Å². The Bertz CT molecular complexity index is 686. The van der Waals surface area contributed by atoms with Crippen LogP contribution >= 0.6 is 0 Å². The molecule has 1 aliphatic carbocycles. The first-order valence-electron chi connectivity index (χ1n) is 7.30. The van der Waals surface area contributed by atoms with Gasteiger partial charge in [0.2, 0.25) is 5.95 Å². The van der Waals surface area contributed by atoms with Gasteiger partial charge in [-0.15, -0.1) is 0 Å². The zero-order valence-electron chi connectivity index (χ0n) is 12.0. The van der Waals surface area contributed by atoms with Crippen molar-refractivity contribution in [2.75, 3.05) is 5.32 Å². The molecule has 22 heavy (non-hydrogen) atoms. The minimum absolute atomic E-state index is 0.0240. The Labute approximate surface area is 128 Å². The molecule has 0 aromatic carbocycles. The van der Waals surface area contributed by atoms with Crippen molar-refractivity contribution in [2.24, 2.45) is 0 Å². The van der Waals surface area contributed by atoms with Crippen LogP contribution in [0.15, 0.2) is 42.4 Å². The van der Waals surface area contributed by atoms with Gasteiger partial charge < -0.3 is 15.7 Å². The molecule has 2 heterocycles. The molecule has 6 heteroatoms. The van der Waals surface area contributed by atoms with Crippen LogP contribution in [-0.4, -0.2) is 27.2 Å². The molecule has 1 saturated carbocycles. The topological polar surface area (TPSA) is 93.9 Å². The van der Waals surface area contributed by atoms with E-state index in [1.165, 1.54) is 0 Å². The van der Waals surface area contributed by atoms with E-state index in [0.717, 1.165) is 19.3 Å². The number of nitriles is 1. The highest BCUT2D eigenvalue weighted by molar-refractivity contribution is 5.79. The average molecular weight is 295 g/mol. The van der Waals surface area contributed by atoms with Gasteiger partial charge in [0.05, 0.1) is 23.5 Å². The quantitative estimate of drug-likeness (QED) is 0.735. The summed E-state index contributed by atoms with van der Waals surface area (Å²) in [5.41, 5.74) is 1.71. The second-order valence-electron chi connectivity index (χ2n) is 5.28. The molecule has 3 N–H and O–H groups in total. The number of nitrogens with zero attached hydrogens (tertiary/aromatic N) is 3. The lowest BCUT2D eigenvalue weighted by molar-refractivity contribution is 0.171. The Morgan fingerprint density at radius 1 is 1.41 bits per heavy atom. The number of hydrogen-bond acceptors (Lipinski definition) is 6. The molecule has 0 spiro atoms. The van der Waals surface area contributed by atoms with Gasteiger partial charge in [-0.3, -0.25) is 0 Å². The molecule has 3 rings (SSSR count). The van der Waals surface area contributed by atoms with Crippen molar-refractivity contribution in [3.05, 3.63) is 48.1 Å². The summed E-state index contributed by atoms with van der Waals surface area (Å²) in [5, 5.41) is 25.5. The van der Waals surface area contributed by atoms with Gasteiger partial charge in [-0.1, -0.05) is 6.08 Å². The summed E-state index contributed by atoms with van der Waals surface area (Å²) in [4.78, 5) is 8.59. The fraction of sp³-hybridized carbons (Fsp3) is 0.312. The van der Waals surface area contributed by atoms with Crippen LogP contribution in [0.2, 0.25) is 0 Å². The number of dihydropyridines is 1. The van der Waals surface area contributed by atoms with Crippen LogP contribution in [0.25, 0.3) is 5.57 Å². The van der Waals surface area contributed by atoms with Gasteiger partial charge in [-0.25, -0.2) is 9.97 Å². The lowest BCUT2D eigenvalue weighted by Gasteiger charge is -2.16. The van der Waals surface area contributed by atoms with Gasteiger partial charge in [0.15, 0.2) is 0 Å². The largest absolute Gasteiger partial charge is 0.391 e. The van der Waals surface area contributed by atoms with Crippen LogP contribution in [-0.2, 0) is 0 Å². The number of nitrogens with one attached hydrogen (secondary N) is 2. The van der Waals surface area contributed by atoms with Crippen LogP contribution in [0.4, 0.5) is 5.95 Å². The highest BCUT2D eigenvalue weighted by Gasteiger charge is 2.25. The minimum Gasteiger partial charge on any atom is -0.391 e. The molecule has 1 aromatic rings. The Hall–Kier alpha value is -2.65. The molecule has 0 unspecified atom stereocenters. The van der Waals surface area contributed by atoms with Crippen LogP contribution in [0.1, 0.15) is 25.0 Å². The fourth-order valence-electron chi connectivity index (χ4n) is 2.65. The van der Waals surface area contributed by atoms with E-state index in [0.29, 0.717) is 22.9 Å². The summed E-state index contributed by atoms with van der Waals surface area (Å²) in [5.74, 6) is 0.437. The Kier molecular flexibility index (Phi) is 4.17. The van der Waals surface area contributed by atoms with E-state index in [2.05, 4.69) is 26.7 Å². The van der Waals surface area contributed by atoms with Crippen molar-refractivity contribution in [2.45, 2.75) is 31.4 Å². The fourth-order valence-corrected chi connectivity index (χ4v) is 2.65. The first-order valence-corrected chi connectivity index (χ1v) is 7.30. The Balaban J connectivity index is 1.85. The van der Waals surface area contributed by atoms with Crippen molar-refractivity contribution in [3.8, 4) is 6.07 Å². The summed E-state index contributed by atoms with van der Waals surface area (Å²) in [6, 6.07) is 3.86. The summed E-state index contributed by atoms with van der Waals surface area (Å²) >= 11 is 0. The van der Waals surface area contributed by atoms with Crippen molar-refractivity contribution in [1.82, 2.24) is 15.3 Å². The second kappa shape index (κ2) is 6.41. The Morgan fingerprint density at radius 3 is 3.00 bits per heavy atom. The van der Waals surface area contributed by atoms with Crippen LogP contribution in [0.3, 0.4) is 0 Å². The van der Waals surface area contributed by atoms with E-state index in [4.69, 9.17) is 0 Å². The Morgan fingerprint density at radius 2 is 2.32 bits per heavy atom. The number of hydrogen-bond donors (Lipinski definition) is 3. The van der Waals surface area contributed by atoms with Gasteiger partial charge in [0, 0.05) is 12.4 Å². The number of rotatable bonds is 3. The maximum absolute atomic E-state index is 9.87. The van der Waals surface area contributed by atoms with Crippen molar-refractivity contribution in [1.29, 1.82) is 5.26 Å². The molecule has 0 amide bonds. The van der Waals surface area contributed by atoms with E-state index < -0.39 is 0 Å². The molecular weight excluding hydrogens is 278 g/mol. The van der Waals surface area contributed by atoms with Crippen LogP contribution < -0.4 is 10.6 Å². The highest BCUT2D eigenvalue weighted by atomic mass is 16.3. The third kappa shape index (κ3) is 3.00. The molecule has 0 radical (unpaired) electrons. The number of aliphatic hydroxyl groups is 1. The standard InChI is InChI=1S/C16H17N5O/c17-10-11(12-4-1-2-8-18-12)13-7-9-19-16(20-13)21-14-5-3-6-15(14)22/h1-2,4,7-9,14-15,18,22H,3,5-6H2,(H,19,20,21)/t14-,15-/m0/s1. The molecule has 6 nitrogen and oxygen atoms in total. The maximum Gasteiger partial charge on any atom is 0.223 e. The summed E-state index contributed by atoms with van der Waals surface area (Å²) < 4.78 is 0. The lowest BCUT2D eigenvalue weighted by Crippen LogP contribution is -2.28. The van der Waals surface area contributed by atoms with Gasteiger partial charge in [0.25, 0.3) is 0 Å². The van der Waals surface area contributed by atoms with Gasteiger partial charge >= 0.3 is 0 Å². The first-order chi connectivity index (χ1) is 10.8. The number of anilines is 1. The van der Waals surface area contributed by atoms with Crippen molar-refractivity contribution >= 4 is 11.5 Å². The van der Waals surface area contributed by atoms with Crippen molar-refractivity contribution < 1.29 is 5.11 Å². The van der Waals surface area contributed by atoms with E-state index in [-0.39, 0.29) is 12.1 Å². The van der Waals surface area contributed by atoms with E-state index in [9.17, 15) is 10.4 Å². The van der Waals surface area contributed by atoms with Crippen LogP contribution in [0.5, 0.6) is 0 Å². The van der Waals surface area contributed by atoms with Gasteiger partial charge in [0.1, 0.15) is 11.6 Å². The number of aromatic nitrogens is 2. The molecule has 2 atom stereocenters. The molecule has 0 bridgehead atoms.